The number of halogens is 4. The van der Waals surface area contributed by atoms with Gasteiger partial charge in [0, 0.05) is 11.8 Å². The van der Waals surface area contributed by atoms with Gasteiger partial charge in [0.05, 0.1) is 5.56 Å². The third kappa shape index (κ3) is 2.39. The molecule has 1 heterocycles. The lowest BCUT2D eigenvalue weighted by Crippen LogP contribution is -2.09. The fourth-order valence-electron chi connectivity index (χ4n) is 0.727. The number of hydrogen-bond donors (Lipinski definition) is 0. The van der Waals surface area contributed by atoms with Crippen LogP contribution in [-0.2, 0) is 6.18 Å². The van der Waals surface area contributed by atoms with Crippen molar-refractivity contribution < 1.29 is 18.0 Å². The highest BCUT2D eigenvalue weighted by Gasteiger charge is 2.33. The van der Waals surface area contributed by atoms with Crippen molar-refractivity contribution in [2.24, 2.45) is 0 Å². The normalized spacial score (nSPS) is 11.4. The van der Waals surface area contributed by atoms with Crippen molar-refractivity contribution >= 4 is 28.9 Å². The molecule has 13 heavy (non-hydrogen) atoms. The third-order valence-electron chi connectivity index (χ3n) is 1.30. The van der Waals surface area contributed by atoms with E-state index >= 15 is 0 Å². The van der Waals surface area contributed by atoms with Gasteiger partial charge in [-0.05, 0) is 28.7 Å². The predicted molar refractivity (Wildman–Crippen MR) is 47.3 cm³/mol. The summed E-state index contributed by atoms with van der Waals surface area (Å²) in [5.41, 5.74) is -0.953. The monoisotopic (exact) mass is 301 g/mol. The summed E-state index contributed by atoms with van der Waals surface area (Å²) in [7, 11) is 0. The maximum Gasteiger partial charge on any atom is 0.418 e. The molecule has 1 aromatic heterocycles. The van der Waals surface area contributed by atoms with Crippen molar-refractivity contribution in [1.82, 2.24) is 4.98 Å². The molecule has 0 saturated carbocycles. The highest BCUT2D eigenvalue weighted by Crippen LogP contribution is 2.31. The largest absolute Gasteiger partial charge is 0.418 e. The number of aldehydes is 1. The first-order chi connectivity index (χ1) is 5.95. The van der Waals surface area contributed by atoms with Crippen LogP contribution in [0.3, 0.4) is 0 Å². The Labute approximate surface area is 85.3 Å². The van der Waals surface area contributed by atoms with E-state index in [1.54, 1.807) is 0 Å². The summed E-state index contributed by atoms with van der Waals surface area (Å²) in [6, 6.07) is 0.780. The van der Waals surface area contributed by atoms with E-state index in [0.717, 1.165) is 12.3 Å². The van der Waals surface area contributed by atoms with E-state index in [1.165, 1.54) is 22.6 Å². The summed E-state index contributed by atoms with van der Waals surface area (Å²) >= 11 is 1.47. The van der Waals surface area contributed by atoms with Gasteiger partial charge in [-0.2, -0.15) is 13.2 Å². The van der Waals surface area contributed by atoms with Gasteiger partial charge < -0.3 is 0 Å². The second kappa shape index (κ2) is 3.60. The van der Waals surface area contributed by atoms with Crippen molar-refractivity contribution in [3.05, 3.63) is 27.1 Å². The lowest BCUT2D eigenvalue weighted by molar-refractivity contribution is -0.138. The van der Waals surface area contributed by atoms with Gasteiger partial charge in [-0.1, -0.05) is 0 Å². The SMILES string of the molecule is O=Cc1cnc(I)c(C(F)(F)F)c1. The zero-order valence-corrected chi connectivity index (χ0v) is 8.26. The number of carbonyl (C=O) groups is 1. The highest BCUT2D eigenvalue weighted by molar-refractivity contribution is 14.1. The molecular weight excluding hydrogens is 298 g/mol. The lowest BCUT2D eigenvalue weighted by Gasteiger charge is -2.07. The van der Waals surface area contributed by atoms with Crippen LogP contribution in [-0.4, -0.2) is 11.3 Å². The third-order valence-corrected chi connectivity index (χ3v) is 2.16. The molecule has 0 aliphatic rings. The molecule has 1 aromatic rings. The molecular formula is C7H3F3INO. The topological polar surface area (TPSA) is 30.0 Å². The minimum atomic E-state index is -4.46. The van der Waals surface area contributed by atoms with Crippen LogP contribution in [0, 0.1) is 3.70 Å². The molecule has 0 amide bonds. The summed E-state index contributed by atoms with van der Waals surface area (Å²) in [4.78, 5) is 13.6. The van der Waals surface area contributed by atoms with E-state index in [9.17, 15) is 18.0 Å². The number of nitrogens with zero attached hydrogens (tertiary/aromatic N) is 1. The van der Waals surface area contributed by atoms with Gasteiger partial charge >= 0.3 is 6.18 Å². The summed E-state index contributed by atoms with van der Waals surface area (Å²) in [6.07, 6.45) is -3.02. The number of pyridine rings is 1. The Bertz CT molecular complexity index is 337. The molecule has 6 heteroatoms. The Hall–Kier alpha value is -0.660. The van der Waals surface area contributed by atoms with Crippen molar-refractivity contribution in [1.29, 1.82) is 0 Å². The van der Waals surface area contributed by atoms with Gasteiger partial charge in [-0.25, -0.2) is 4.98 Å². The van der Waals surface area contributed by atoms with Crippen LogP contribution < -0.4 is 0 Å². The summed E-state index contributed by atoms with van der Waals surface area (Å²) < 4.78 is 36.5. The van der Waals surface area contributed by atoms with E-state index in [2.05, 4.69) is 4.98 Å². The number of rotatable bonds is 1. The lowest BCUT2D eigenvalue weighted by atomic mass is 10.2. The first-order valence-electron chi connectivity index (χ1n) is 3.13. The molecule has 1 rings (SSSR count). The van der Waals surface area contributed by atoms with Gasteiger partial charge in [0.15, 0.2) is 6.29 Å². The zero-order valence-electron chi connectivity index (χ0n) is 6.10. The minimum Gasteiger partial charge on any atom is -0.298 e. The van der Waals surface area contributed by atoms with Crippen LogP contribution in [0.4, 0.5) is 13.2 Å². The van der Waals surface area contributed by atoms with Crippen molar-refractivity contribution in [3.8, 4) is 0 Å². The maximum absolute atomic E-state index is 12.2. The second-order valence-corrected chi connectivity index (χ2v) is 3.24. The van der Waals surface area contributed by atoms with Gasteiger partial charge in [-0.15, -0.1) is 0 Å². The van der Waals surface area contributed by atoms with Gasteiger partial charge in [0.1, 0.15) is 3.70 Å². The van der Waals surface area contributed by atoms with Crippen LogP contribution in [0.1, 0.15) is 15.9 Å². The fourth-order valence-corrected chi connectivity index (χ4v) is 1.33. The van der Waals surface area contributed by atoms with Crippen molar-refractivity contribution in [3.63, 3.8) is 0 Å². The first-order valence-corrected chi connectivity index (χ1v) is 4.21. The van der Waals surface area contributed by atoms with E-state index in [0.29, 0.717) is 6.29 Å². The van der Waals surface area contributed by atoms with Crippen LogP contribution in [0.25, 0.3) is 0 Å². The van der Waals surface area contributed by atoms with Crippen molar-refractivity contribution in [2.75, 3.05) is 0 Å². The van der Waals surface area contributed by atoms with Crippen LogP contribution >= 0.6 is 22.6 Å². The van der Waals surface area contributed by atoms with Crippen molar-refractivity contribution in [2.45, 2.75) is 6.18 Å². The van der Waals surface area contributed by atoms with E-state index < -0.39 is 11.7 Å². The molecule has 0 fully saturated rings. The summed E-state index contributed by atoms with van der Waals surface area (Å²) in [6.45, 7) is 0. The second-order valence-electron chi connectivity index (χ2n) is 2.22. The first kappa shape index (κ1) is 10.4. The van der Waals surface area contributed by atoms with Crippen LogP contribution in [0.2, 0.25) is 0 Å². The quantitative estimate of drug-likeness (QED) is 0.453. The molecule has 0 saturated heterocycles. The van der Waals surface area contributed by atoms with Crippen LogP contribution in [0.5, 0.6) is 0 Å². The van der Waals surface area contributed by atoms with E-state index in [1.807, 2.05) is 0 Å². The Morgan fingerprint density at radius 1 is 1.46 bits per heavy atom. The van der Waals surface area contributed by atoms with E-state index in [4.69, 9.17) is 0 Å². The Kier molecular flexibility index (Phi) is 2.89. The van der Waals surface area contributed by atoms with Gasteiger partial charge in [0.2, 0.25) is 0 Å². The number of hydrogen-bond acceptors (Lipinski definition) is 2. The molecule has 0 N–H and O–H groups in total. The summed E-state index contributed by atoms with van der Waals surface area (Å²) in [5, 5.41) is 0. The predicted octanol–water partition coefficient (Wildman–Crippen LogP) is 2.52. The summed E-state index contributed by atoms with van der Waals surface area (Å²) in [5.74, 6) is 0. The smallest absolute Gasteiger partial charge is 0.298 e. The molecule has 0 aliphatic carbocycles. The number of aromatic nitrogens is 1. The standard InChI is InChI=1S/C7H3F3INO/c8-7(9,10)5-1-4(3-13)2-12-6(5)11/h1-3H. The molecule has 0 radical (unpaired) electrons. The average Bonchev–Trinajstić information content (AvgIpc) is 2.03. The molecule has 70 valence electrons. The minimum absolute atomic E-state index is 0.0762. The Morgan fingerprint density at radius 3 is 2.54 bits per heavy atom. The van der Waals surface area contributed by atoms with Crippen LogP contribution in [0.15, 0.2) is 12.3 Å². The molecule has 0 unspecified atom stereocenters. The fraction of sp³-hybridized carbons (Fsp3) is 0.143. The Morgan fingerprint density at radius 2 is 2.08 bits per heavy atom. The maximum atomic E-state index is 12.2. The van der Waals surface area contributed by atoms with Gasteiger partial charge in [-0.3, -0.25) is 4.79 Å². The van der Waals surface area contributed by atoms with Gasteiger partial charge in [0.25, 0.3) is 0 Å². The number of alkyl halides is 3. The highest BCUT2D eigenvalue weighted by atomic mass is 127. The molecule has 0 spiro atoms. The Balaban J connectivity index is 3.27. The molecule has 0 aliphatic heterocycles. The molecule has 0 aromatic carbocycles. The number of carbonyl (C=O) groups excluding carboxylic acids is 1. The van der Waals surface area contributed by atoms with E-state index in [-0.39, 0.29) is 9.26 Å². The zero-order chi connectivity index (χ0) is 10.1. The molecule has 2 nitrogen and oxygen atoms in total. The average molecular weight is 301 g/mol. The molecule has 0 atom stereocenters. The molecule has 0 bridgehead atoms.